The van der Waals surface area contributed by atoms with Crippen LogP contribution in [0.4, 0.5) is 10.1 Å². The SMILES string of the molecule is COc1cc(/C=C2/N=C(c3cccc(F)c3)OC2=O)ccc1OC(=O)c1cccc([N+](=O)[O-])c1. The molecular formula is C24H15FN2O7. The van der Waals surface area contributed by atoms with Gasteiger partial charge in [0.2, 0.25) is 5.90 Å². The lowest BCUT2D eigenvalue weighted by molar-refractivity contribution is -0.384. The van der Waals surface area contributed by atoms with E-state index in [9.17, 15) is 24.1 Å². The summed E-state index contributed by atoms with van der Waals surface area (Å²) in [5, 5.41) is 10.9. The number of nitro benzene ring substituents is 1. The van der Waals surface area contributed by atoms with Crippen molar-refractivity contribution in [1.82, 2.24) is 0 Å². The second-order valence-electron chi connectivity index (χ2n) is 6.95. The minimum atomic E-state index is -0.809. The number of carbonyl (C=O) groups excluding carboxylic acids is 2. The van der Waals surface area contributed by atoms with Gasteiger partial charge in [-0.2, -0.15) is 0 Å². The van der Waals surface area contributed by atoms with Crippen LogP contribution in [0.3, 0.4) is 0 Å². The van der Waals surface area contributed by atoms with Crippen LogP contribution in [0.2, 0.25) is 0 Å². The molecule has 1 aliphatic rings. The largest absolute Gasteiger partial charge is 0.493 e. The number of carbonyl (C=O) groups is 2. The molecule has 170 valence electrons. The van der Waals surface area contributed by atoms with Crippen LogP contribution in [0.25, 0.3) is 6.08 Å². The average Bonchev–Trinajstić information content (AvgIpc) is 3.20. The number of esters is 2. The first-order valence-electron chi connectivity index (χ1n) is 9.77. The number of cyclic esters (lactones) is 1. The molecule has 3 aromatic carbocycles. The monoisotopic (exact) mass is 462 g/mol. The van der Waals surface area contributed by atoms with Gasteiger partial charge in [-0.15, -0.1) is 0 Å². The summed E-state index contributed by atoms with van der Waals surface area (Å²) in [5.74, 6) is -1.79. The molecule has 0 aliphatic carbocycles. The summed E-state index contributed by atoms with van der Waals surface area (Å²) < 4.78 is 29.2. The third-order valence-electron chi connectivity index (χ3n) is 4.68. The Bertz CT molecular complexity index is 1380. The lowest BCUT2D eigenvalue weighted by Crippen LogP contribution is -2.09. The fourth-order valence-electron chi connectivity index (χ4n) is 3.08. The summed E-state index contributed by atoms with van der Waals surface area (Å²) in [6, 6.07) is 15.1. The molecule has 0 atom stereocenters. The highest BCUT2D eigenvalue weighted by atomic mass is 19.1. The summed E-state index contributed by atoms with van der Waals surface area (Å²) in [6.45, 7) is 0. The number of rotatable bonds is 6. The fraction of sp³-hybridized carbons (Fsp3) is 0.0417. The second kappa shape index (κ2) is 9.33. The zero-order valence-electron chi connectivity index (χ0n) is 17.6. The van der Waals surface area contributed by atoms with Crippen molar-refractivity contribution < 1.29 is 33.1 Å². The highest BCUT2D eigenvalue weighted by Gasteiger charge is 2.24. The van der Waals surface area contributed by atoms with Crippen molar-refractivity contribution in [3.63, 3.8) is 0 Å². The summed E-state index contributed by atoms with van der Waals surface area (Å²) in [7, 11) is 1.36. The van der Waals surface area contributed by atoms with Gasteiger partial charge in [0.1, 0.15) is 5.82 Å². The second-order valence-corrected chi connectivity index (χ2v) is 6.95. The van der Waals surface area contributed by atoms with E-state index >= 15 is 0 Å². The van der Waals surface area contributed by atoms with Crippen molar-refractivity contribution >= 4 is 29.6 Å². The van der Waals surface area contributed by atoms with Crippen LogP contribution in [0.1, 0.15) is 21.5 Å². The first-order valence-corrected chi connectivity index (χ1v) is 9.77. The topological polar surface area (TPSA) is 117 Å². The number of nitro groups is 1. The minimum Gasteiger partial charge on any atom is -0.493 e. The third kappa shape index (κ3) is 4.80. The zero-order valence-corrected chi connectivity index (χ0v) is 17.6. The molecule has 34 heavy (non-hydrogen) atoms. The van der Waals surface area contributed by atoms with E-state index in [1.165, 1.54) is 61.7 Å². The Morgan fingerprint density at radius 1 is 1.09 bits per heavy atom. The van der Waals surface area contributed by atoms with E-state index in [1.54, 1.807) is 12.1 Å². The van der Waals surface area contributed by atoms with Gasteiger partial charge in [-0.05, 0) is 48.0 Å². The third-order valence-corrected chi connectivity index (χ3v) is 4.68. The number of nitrogens with zero attached hydrogens (tertiary/aromatic N) is 2. The molecular weight excluding hydrogens is 447 g/mol. The van der Waals surface area contributed by atoms with Crippen LogP contribution < -0.4 is 9.47 Å². The minimum absolute atomic E-state index is 0.00429. The molecule has 0 amide bonds. The molecule has 0 radical (unpaired) electrons. The predicted octanol–water partition coefficient (Wildman–Crippen LogP) is 4.31. The molecule has 3 aromatic rings. The van der Waals surface area contributed by atoms with Gasteiger partial charge in [-0.1, -0.05) is 18.2 Å². The van der Waals surface area contributed by atoms with Gasteiger partial charge in [-0.3, -0.25) is 10.1 Å². The molecule has 0 saturated carbocycles. The first-order chi connectivity index (χ1) is 16.3. The normalized spacial score (nSPS) is 13.9. The molecule has 0 unspecified atom stereocenters. The number of ether oxygens (including phenoxy) is 3. The van der Waals surface area contributed by atoms with Crippen molar-refractivity contribution in [2.75, 3.05) is 7.11 Å². The summed E-state index contributed by atoms with van der Waals surface area (Å²) >= 11 is 0. The maximum absolute atomic E-state index is 13.4. The Kier molecular flexibility index (Phi) is 6.13. The van der Waals surface area contributed by atoms with Crippen LogP contribution in [-0.4, -0.2) is 29.9 Å². The molecule has 0 fully saturated rings. The van der Waals surface area contributed by atoms with E-state index in [0.29, 0.717) is 11.1 Å². The molecule has 1 heterocycles. The van der Waals surface area contributed by atoms with E-state index in [0.717, 1.165) is 6.07 Å². The quantitative estimate of drug-likeness (QED) is 0.176. The van der Waals surface area contributed by atoms with Crippen molar-refractivity contribution in [1.29, 1.82) is 0 Å². The number of benzene rings is 3. The molecule has 0 aromatic heterocycles. The molecule has 0 spiro atoms. The van der Waals surface area contributed by atoms with E-state index < -0.39 is 22.7 Å². The summed E-state index contributed by atoms with van der Waals surface area (Å²) in [6.07, 6.45) is 1.43. The van der Waals surface area contributed by atoms with Gasteiger partial charge in [0.05, 0.1) is 17.6 Å². The van der Waals surface area contributed by atoms with Gasteiger partial charge < -0.3 is 14.2 Å². The molecule has 1 aliphatic heterocycles. The number of halogens is 1. The van der Waals surface area contributed by atoms with Crippen LogP contribution in [0.15, 0.2) is 77.4 Å². The van der Waals surface area contributed by atoms with Gasteiger partial charge >= 0.3 is 11.9 Å². The number of non-ortho nitro benzene ring substituents is 1. The smallest absolute Gasteiger partial charge is 0.363 e. The Morgan fingerprint density at radius 2 is 1.88 bits per heavy atom. The number of methoxy groups -OCH3 is 1. The van der Waals surface area contributed by atoms with E-state index in [1.807, 2.05) is 0 Å². The van der Waals surface area contributed by atoms with Gasteiger partial charge in [0.15, 0.2) is 17.2 Å². The standard InChI is InChI=1S/C24H15FN2O7/c1-32-21-11-14(10-19-24(29)34-22(26-19)15-4-2-6-17(25)12-15)8-9-20(21)33-23(28)16-5-3-7-18(13-16)27(30)31/h2-13H,1H3/b19-10+. The zero-order chi connectivity index (χ0) is 24.2. The highest BCUT2D eigenvalue weighted by Crippen LogP contribution is 2.31. The van der Waals surface area contributed by atoms with Crippen molar-refractivity contribution in [2.45, 2.75) is 0 Å². The fourth-order valence-corrected chi connectivity index (χ4v) is 3.08. The lowest BCUT2D eigenvalue weighted by atomic mass is 10.1. The summed E-state index contributed by atoms with van der Waals surface area (Å²) in [5.41, 5.74) is 0.545. The van der Waals surface area contributed by atoms with Crippen LogP contribution in [0.5, 0.6) is 11.5 Å². The van der Waals surface area contributed by atoms with E-state index in [2.05, 4.69) is 4.99 Å². The lowest BCUT2D eigenvalue weighted by Gasteiger charge is -2.10. The first kappa shape index (κ1) is 22.3. The van der Waals surface area contributed by atoms with E-state index in [4.69, 9.17) is 14.2 Å². The van der Waals surface area contributed by atoms with Crippen molar-refractivity contribution in [3.8, 4) is 11.5 Å². The molecule has 9 nitrogen and oxygen atoms in total. The Morgan fingerprint density at radius 3 is 2.62 bits per heavy atom. The Hall–Kier alpha value is -4.86. The average molecular weight is 462 g/mol. The molecule has 4 rings (SSSR count). The van der Waals surface area contributed by atoms with Gasteiger partial charge in [-0.25, -0.2) is 19.0 Å². The Balaban J connectivity index is 1.57. The maximum atomic E-state index is 13.4. The summed E-state index contributed by atoms with van der Waals surface area (Å²) in [4.78, 5) is 39.1. The van der Waals surface area contributed by atoms with Crippen molar-refractivity contribution in [2.24, 2.45) is 4.99 Å². The number of hydrogen-bond acceptors (Lipinski definition) is 8. The number of aliphatic imine (C=N–C) groups is 1. The molecule has 0 saturated heterocycles. The van der Waals surface area contributed by atoms with Gasteiger partial charge in [0.25, 0.3) is 5.69 Å². The molecule has 10 heteroatoms. The van der Waals surface area contributed by atoms with Crippen LogP contribution in [-0.2, 0) is 9.53 Å². The van der Waals surface area contributed by atoms with Crippen LogP contribution >= 0.6 is 0 Å². The molecule has 0 bridgehead atoms. The number of hydrogen-bond donors (Lipinski definition) is 0. The predicted molar refractivity (Wildman–Crippen MR) is 118 cm³/mol. The van der Waals surface area contributed by atoms with Crippen molar-refractivity contribution in [3.05, 3.63) is 105 Å². The van der Waals surface area contributed by atoms with Crippen LogP contribution in [0, 0.1) is 15.9 Å². The Labute approximate surface area is 191 Å². The van der Waals surface area contributed by atoms with E-state index in [-0.39, 0.29) is 34.3 Å². The van der Waals surface area contributed by atoms with Gasteiger partial charge in [0, 0.05) is 17.7 Å². The highest BCUT2D eigenvalue weighted by molar-refractivity contribution is 6.12. The molecule has 0 N–H and O–H groups in total. The maximum Gasteiger partial charge on any atom is 0.363 e.